The summed E-state index contributed by atoms with van der Waals surface area (Å²) in [4.78, 5) is 5.91. The van der Waals surface area contributed by atoms with Crippen molar-refractivity contribution in [1.82, 2.24) is 5.06 Å². The van der Waals surface area contributed by atoms with Crippen molar-refractivity contribution in [2.24, 2.45) is 0 Å². The molecule has 3 nitrogen and oxygen atoms in total. The van der Waals surface area contributed by atoms with E-state index in [2.05, 4.69) is 36.4 Å². The first-order chi connectivity index (χ1) is 10.4. The molecular weight excluding hydrogens is 262 g/mol. The van der Waals surface area contributed by atoms with Gasteiger partial charge in [0.05, 0.1) is 13.2 Å². The van der Waals surface area contributed by atoms with Crippen molar-refractivity contribution in [1.29, 1.82) is 0 Å². The molecule has 1 heterocycles. The van der Waals surface area contributed by atoms with Crippen LogP contribution in [-0.4, -0.2) is 24.3 Å². The lowest BCUT2D eigenvalue weighted by molar-refractivity contribution is -0.167. The van der Waals surface area contributed by atoms with Crippen LogP contribution in [0.4, 0.5) is 0 Å². The Morgan fingerprint density at radius 2 is 1.62 bits per heavy atom. The normalized spacial score (nSPS) is 19.0. The molecule has 0 aliphatic carbocycles. The highest BCUT2D eigenvalue weighted by Gasteiger charge is 2.23. The molecule has 2 aromatic rings. The third kappa shape index (κ3) is 4.39. The second kappa shape index (κ2) is 7.36. The zero-order valence-electron chi connectivity index (χ0n) is 12.2. The summed E-state index contributed by atoms with van der Waals surface area (Å²) in [6.45, 7) is 3.11. The number of hydrogen-bond donors (Lipinski definition) is 0. The molecule has 0 amide bonds. The summed E-state index contributed by atoms with van der Waals surface area (Å²) >= 11 is 0. The Balaban J connectivity index is 1.39. The molecule has 0 aromatic heterocycles. The Kier molecular flexibility index (Phi) is 5.00. The Hall–Kier alpha value is -1.68. The number of benzene rings is 2. The van der Waals surface area contributed by atoms with Gasteiger partial charge in [-0.3, -0.25) is 4.84 Å². The molecule has 1 unspecified atom stereocenters. The molecule has 1 aliphatic rings. The molecule has 1 aliphatic heterocycles. The smallest absolute Gasteiger partial charge is 0.104 e. The van der Waals surface area contributed by atoms with Crippen LogP contribution in [0.5, 0.6) is 0 Å². The fourth-order valence-corrected chi connectivity index (χ4v) is 2.50. The molecule has 0 radical (unpaired) electrons. The lowest BCUT2D eigenvalue weighted by Crippen LogP contribution is -2.21. The van der Waals surface area contributed by atoms with Crippen LogP contribution < -0.4 is 0 Å². The van der Waals surface area contributed by atoms with Crippen LogP contribution in [0, 0.1) is 0 Å². The highest BCUT2D eigenvalue weighted by molar-refractivity contribution is 5.14. The van der Waals surface area contributed by atoms with E-state index in [0.717, 1.165) is 19.5 Å². The average Bonchev–Trinajstić information content (AvgIpc) is 2.97. The van der Waals surface area contributed by atoms with Crippen LogP contribution >= 0.6 is 0 Å². The zero-order chi connectivity index (χ0) is 14.3. The Labute approximate surface area is 126 Å². The van der Waals surface area contributed by atoms with Gasteiger partial charge in [-0.15, -0.1) is 0 Å². The van der Waals surface area contributed by atoms with Gasteiger partial charge < -0.3 is 4.74 Å². The molecule has 3 heteroatoms. The fraction of sp³-hybridized carbons (Fsp3) is 0.333. The van der Waals surface area contributed by atoms with E-state index in [1.165, 1.54) is 11.1 Å². The van der Waals surface area contributed by atoms with Crippen LogP contribution in [0.1, 0.15) is 17.5 Å². The fourth-order valence-electron chi connectivity index (χ4n) is 2.50. The minimum atomic E-state index is 0.178. The number of ether oxygens (including phenoxy) is 1. The van der Waals surface area contributed by atoms with Gasteiger partial charge in [0, 0.05) is 13.1 Å². The molecule has 1 atom stereocenters. The van der Waals surface area contributed by atoms with Crippen molar-refractivity contribution in [3.05, 3.63) is 71.8 Å². The quantitative estimate of drug-likeness (QED) is 0.811. The lowest BCUT2D eigenvalue weighted by atomic mass is 10.2. The molecule has 0 N–H and O–H groups in total. The monoisotopic (exact) mass is 283 g/mol. The molecule has 0 saturated carbocycles. The Morgan fingerprint density at radius 1 is 0.952 bits per heavy atom. The van der Waals surface area contributed by atoms with E-state index in [0.29, 0.717) is 13.2 Å². The summed E-state index contributed by atoms with van der Waals surface area (Å²) in [7, 11) is 0. The van der Waals surface area contributed by atoms with Crippen molar-refractivity contribution >= 4 is 0 Å². The number of hydroxylamine groups is 2. The van der Waals surface area contributed by atoms with E-state index in [1.54, 1.807) is 0 Å². The van der Waals surface area contributed by atoms with E-state index >= 15 is 0 Å². The molecule has 2 aromatic carbocycles. The van der Waals surface area contributed by atoms with Crippen LogP contribution in [0.15, 0.2) is 60.7 Å². The molecule has 3 rings (SSSR count). The summed E-state index contributed by atoms with van der Waals surface area (Å²) in [5.74, 6) is 0. The van der Waals surface area contributed by atoms with E-state index in [-0.39, 0.29) is 6.10 Å². The highest BCUT2D eigenvalue weighted by atomic mass is 16.7. The minimum Gasteiger partial charge on any atom is -0.374 e. The van der Waals surface area contributed by atoms with Crippen molar-refractivity contribution < 1.29 is 9.57 Å². The number of rotatable bonds is 6. The molecule has 21 heavy (non-hydrogen) atoms. The maximum atomic E-state index is 5.91. The topological polar surface area (TPSA) is 21.7 Å². The third-order valence-electron chi connectivity index (χ3n) is 3.62. The van der Waals surface area contributed by atoms with Crippen molar-refractivity contribution in [3.63, 3.8) is 0 Å². The van der Waals surface area contributed by atoms with Crippen LogP contribution in [0.2, 0.25) is 0 Å². The predicted molar refractivity (Wildman–Crippen MR) is 82.4 cm³/mol. The van der Waals surface area contributed by atoms with Gasteiger partial charge in [-0.1, -0.05) is 60.7 Å². The number of hydrogen-bond acceptors (Lipinski definition) is 3. The number of nitrogens with zero attached hydrogens (tertiary/aromatic N) is 1. The molecule has 0 spiro atoms. The van der Waals surface area contributed by atoms with Crippen LogP contribution in [-0.2, 0) is 22.7 Å². The third-order valence-corrected chi connectivity index (χ3v) is 3.62. The summed E-state index contributed by atoms with van der Waals surface area (Å²) in [6, 6.07) is 20.7. The second-order valence-corrected chi connectivity index (χ2v) is 5.37. The van der Waals surface area contributed by atoms with Crippen molar-refractivity contribution in [3.8, 4) is 0 Å². The summed E-state index contributed by atoms with van der Waals surface area (Å²) in [6.07, 6.45) is 1.21. The SMILES string of the molecule is c1ccc(COCC2CCN(Cc3ccccc3)O2)cc1. The zero-order valence-corrected chi connectivity index (χ0v) is 12.2. The van der Waals surface area contributed by atoms with Crippen molar-refractivity contribution in [2.75, 3.05) is 13.2 Å². The molecule has 1 saturated heterocycles. The molecule has 0 bridgehead atoms. The summed E-state index contributed by atoms with van der Waals surface area (Å²) < 4.78 is 5.75. The van der Waals surface area contributed by atoms with Crippen LogP contribution in [0.25, 0.3) is 0 Å². The Morgan fingerprint density at radius 3 is 2.33 bits per heavy atom. The van der Waals surface area contributed by atoms with Gasteiger partial charge in [0.1, 0.15) is 6.10 Å². The minimum absolute atomic E-state index is 0.178. The Bertz CT molecular complexity index is 529. The largest absolute Gasteiger partial charge is 0.374 e. The van der Waals surface area contributed by atoms with Gasteiger partial charge in [0.2, 0.25) is 0 Å². The van der Waals surface area contributed by atoms with E-state index < -0.39 is 0 Å². The molecular formula is C18H21NO2. The second-order valence-electron chi connectivity index (χ2n) is 5.37. The molecule has 1 fully saturated rings. The van der Waals surface area contributed by atoms with Crippen LogP contribution in [0.3, 0.4) is 0 Å². The standard InChI is InChI=1S/C18H21NO2/c1-3-7-16(8-4-1)13-19-12-11-18(21-19)15-20-14-17-9-5-2-6-10-17/h1-10,18H,11-15H2. The maximum absolute atomic E-state index is 5.91. The van der Waals surface area contributed by atoms with E-state index in [1.807, 2.05) is 29.3 Å². The molecule has 110 valence electrons. The summed E-state index contributed by atoms with van der Waals surface area (Å²) in [5.41, 5.74) is 2.49. The lowest BCUT2D eigenvalue weighted by Gasteiger charge is -2.16. The van der Waals surface area contributed by atoms with Gasteiger partial charge in [0.25, 0.3) is 0 Å². The maximum Gasteiger partial charge on any atom is 0.104 e. The van der Waals surface area contributed by atoms with E-state index in [4.69, 9.17) is 9.57 Å². The first-order valence-electron chi connectivity index (χ1n) is 7.47. The van der Waals surface area contributed by atoms with Crippen molar-refractivity contribution in [2.45, 2.75) is 25.7 Å². The highest BCUT2D eigenvalue weighted by Crippen LogP contribution is 2.17. The van der Waals surface area contributed by atoms with Gasteiger partial charge in [-0.05, 0) is 17.5 Å². The van der Waals surface area contributed by atoms with Gasteiger partial charge in [0.15, 0.2) is 0 Å². The first-order valence-corrected chi connectivity index (χ1v) is 7.47. The first kappa shape index (κ1) is 14.3. The van der Waals surface area contributed by atoms with Gasteiger partial charge in [-0.2, -0.15) is 5.06 Å². The average molecular weight is 283 g/mol. The predicted octanol–water partition coefficient (Wildman–Crippen LogP) is 3.41. The summed E-state index contributed by atoms with van der Waals surface area (Å²) in [5, 5.41) is 2.03. The van der Waals surface area contributed by atoms with Gasteiger partial charge >= 0.3 is 0 Å². The van der Waals surface area contributed by atoms with E-state index in [9.17, 15) is 0 Å². The van der Waals surface area contributed by atoms with Gasteiger partial charge in [-0.25, -0.2) is 0 Å².